The highest BCUT2D eigenvalue weighted by Crippen LogP contribution is 2.29. The molecule has 0 aliphatic heterocycles. The van der Waals surface area contributed by atoms with Crippen molar-refractivity contribution in [3.8, 4) is 5.75 Å². The highest BCUT2D eigenvalue weighted by atomic mass is 35.5. The first-order valence-electron chi connectivity index (χ1n) is 9.92. The quantitative estimate of drug-likeness (QED) is 0.297. The molecule has 0 atom stereocenters. The largest absolute Gasteiger partial charge is 0.484 e. The Hall–Kier alpha value is -2.60. The monoisotopic (exact) mass is 540 g/mol. The molecule has 0 aliphatic rings. The van der Waals surface area contributed by atoms with Gasteiger partial charge in [0.1, 0.15) is 17.2 Å². The Bertz CT molecular complexity index is 1210. The van der Waals surface area contributed by atoms with E-state index in [9.17, 15) is 9.59 Å². The molecule has 34 heavy (non-hydrogen) atoms. The summed E-state index contributed by atoms with van der Waals surface area (Å²) in [4.78, 5) is 30.9. The van der Waals surface area contributed by atoms with E-state index in [0.29, 0.717) is 49.0 Å². The number of anilines is 1. The number of carbonyl (C=O) groups excluding carboxylic acids is 2. The number of thioether (sulfide) groups is 1. The second-order valence-corrected chi connectivity index (χ2v) is 9.92. The second kappa shape index (κ2) is 11.7. The summed E-state index contributed by atoms with van der Waals surface area (Å²) in [7, 11) is 3.33. The zero-order chi connectivity index (χ0) is 24.8. The van der Waals surface area contributed by atoms with Crippen molar-refractivity contribution in [1.82, 2.24) is 24.6 Å². The van der Waals surface area contributed by atoms with Gasteiger partial charge in [0.25, 0.3) is 5.91 Å². The van der Waals surface area contributed by atoms with Crippen LogP contribution in [0.4, 0.5) is 5.13 Å². The van der Waals surface area contributed by atoms with Gasteiger partial charge in [-0.1, -0.05) is 52.4 Å². The van der Waals surface area contributed by atoms with Crippen LogP contribution in [0, 0.1) is 6.92 Å². The van der Waals surface area contributed by atoms with Gasteiger partial charge in [0.05, 0.1) is 16.5 Å². The predicted molar refractivity (Wildman–Crippen MR) is 135 cm³/mol. The maximum atomic E-state index is 12.5. The first-order valence-corrected chi connectivity index (χ1v) is 12.5. The first kappa shape index (κ1) is 26.0. The lowest BCUT2D eigenvalue weighted by Gasteiger charge is -2.10. The van der Waals surface area contributed by atoms with E-state index in [4.69, 9.17) is 27.9 Å². The first-order chi connectivity index (χ1) is 16.2. The molecule has 2 amide bonds. The molecular weight excluding hydrogens is 519 g/mol. The van der Waals surface area contributed by atoms with Crippen LogP contribution >= 0.6 is 46.3 Å². The zero-order valence-corrected chi connectivity index (χ0v) is 21.8. The van der Waals surface area contributed by atoms with Gasteiger partial charge in [-0.25, -0.2) is 4.98 Å². The van der Waals surface area contributed by atoms with E-state index in [0.717, 1.165) is 11.3 Å². The Morgan fingerprint density at radius 3 is 2.76 bits per heavy atom. The van der Waals surface area contributed by atoms with E-state index in [-0.39, 0.29) is 24.2 Å². The molecule has 1 N–H and O–H groups in total. The molecule has 3 aromatic rings. The Kier molecular flexibility index (Phi) is 8.95. The van der Waals surface area contributed by atoms with Crippen LogP contribution in [0.3, 0.4) is 0 Å². The van der Waals surface area contributed by atoms with E-state index in [1.165, 1.54) is 16.7 Å². The molecule has 9 nitrogen and oxygen atoms in total. The van der Waals surface area contributed by atoms with Crippen molar-refractivity contribution in [3.05, 3.63) is 57.3 Å². The van der Waals surface area contributed by atoms with Crippen LogP contribution in [0.15, 0.2) is 36.0 Å². The summed E-state index contributed by atoms with van der Waals surface area (Å²) in [6, 6.07) is 4.95. The van der Waals surface area contributed by atoms with Crippen molar-refractivity contribution in [1.29, 1.82) is 0 Å². The molecule has 0 radical (unpaired) electrons. The average Bonchev–Trinajstić information content (AvgIpc) is 3.34. The molecule has 0 saturated carbocycles. The van der Waals surface area contributed by atoms with Crippen LogP contribution in [-0.4, -0.2) is 56.3 Å². The number of aromatic nitrogens is 4. The van der Waals surface area contributed by atoms with Crippen LogP contribution in [0.5, 0.6) is 5.75 Å². The topological polar surface area (TPSA) is 102 Å². The van der Waals surface area contributed by atoms with Gasteiger partial charge < -0.3 is 15.0 Å². The molecular formula is C21H22Cl2N6O3S2. The van der Waals surface area contributed by atoms with Crippen molar-refractivity contribution in [2.75, 3.05) is 25.2 Å². The fourth-order valence-corrected chi connectivity index (χ4v) is 4.95. The number of aryl methyl sites for hydroxylation is 1. The van der Waals surface area contributed by atoms with Gasteiger partial charge >= 0.3 is 0 Å². The summed E-state index contributed by atoms with van der Waals surface area (Å²) < 4.78 is 7.56. The molecule has 0 spiro atoms. The van der Waals surface area contributed by atoms with Crippen molar-refractivity contribution in [2.45, 2.75) is 25.2 Å². The highest BCUT2D eigenvalue weighted by molar-refractivity contribution is 7.99. The van der Waals surface area contributed by atoms with Gasteiger partial charge in [-0.05, 0) is 25.1 Å². The van der Waals surface area contributed by atoms with Crippen LogP contribution in [0.2, 0.25) is 10.0 Å². The second-order valence-electron chi connectivity index (χ2n) is 7.13. The number of hydrogen-bond donors (Lipinski definition) is 1. The number of allylic oxidation sites excluding steroid dienone is 1. The van der Waals surface area contributed by atoms with E-state index in [1.807, 2.05) is 0 Å². The summed E-state index contributed by atoms with van der Waals surface area (Å²) >= 11 is 14.4. The smallest absolute Gasteiger partial charge is 0.265 e. The fourth-order valence-electron chi connectivity index (χ4n) is 2.72. The highest BCUT2D eigenvalue weighted by Gasteiger charge is 2.19. The minimum absolute atomic E-state index is 0.0781. The Morgan fingerprint density at radius 1 is 1.32 bits per heavy atom. The van der Waals surface area contributed by atoms with Gasteiger partial charge in [-0.3, -0.25) is 14.2 Å². The van der Waals surface area contributed by atoms with Gasteiger partial charge in [-0.15, -0.1) is 16.8 Å². The molecule has 2 aromatic heterocycles. The van der Waals surface area contributed by atoms with E-state index in [1.54, 1.807) is 49.9 Å². The van der Waals surface area contributed by atoms with Crippen LogP contribution < -0.4 is 10.1 Å². The number of carbonyl (C=O) groups is 2. The third-order valence-electron chi connectivity index (χ3n) is 4.33. The van der Waals surface area contributed by atoms with Gasteiger partial charge in [0.15, 0.2) is 16.1 Å². The summed E-state index contributed by atoms with van der Waals surface area (Å²) in [6.45, 7) is 6.06. The minimum atomic E-state index is -0.276. The zero-order valence-electron chi connectivity index (χ0n) is 18.7. The molecule has 0 aliphatic carbocycles. The number of hydrogen-bond acceptors (Lipinski definition) is 8. The lowest BCUT2D eigenvalue weighted by atomic mass is 10.3. The summed E-state index contributed by atoms with van der Waals surface area (Å²) in [6.07, 6.45) is 1.70. The number of thiazole rings is 1. The number of halogens is 2. The molecule has 0 unspecified atom stereocenters. The number of nitrogens with zero attached hydrogens (tertiary/aromatic N) is 5. The van der Waals surface area contributed by atoms with Gasteiger partial charge in [0, 0.05) is 25.7 Å². The molecule has 180 valence electrons. The lowest BCUT2D eigenvalue weighted by molar-refractivity contribution is -0.113. The Labute approximate surface area is 215 Å². The molecule has 0 fully saturated rings. The van der Waals surface area contributed by atoms with Crippen molar-refractivity contribution in [3.63, 3.8) is 0 Å². The Morgan fingerprint density at radius 2 is 2.09 bits per heavy atom. The molecule has 2 heterocycles. The lowest BCUT2D eigenvalue weighted by Crippen LogP contribution is -2.21. The van der Waals surface area contributed by atoms with Crippen molar-refractivity contribution in [2.24, 2.45) is 0 Å². The maximum Gasteiger partial charge on any atom is 0.265 e. The van der Waals surface area contributed by atoms with Gasteiger partial charge in [-0.2, -0.15) is 0 Å². The molecule has 13 heteroatoms. The normalized spacial score (nSPS) is 10.7. The standard InChI is InChI=1S/C21H22Cl2N6O3S2/c1-5-8-29-16(10-32-15-7-6-13(22)9-14(15)23)26-27-21(29)33-11-17(30)25-20-24-12(2)18(34-20)19(31)28(3)4/h5-7,9H,1,8,10-11H2,2-4H3,(H,24,25,30). The van der Waals surface area contributed by atoms with E-state index in [2.05, 4.69) is 27.1 Å². The van der Waals surface area contributed by atoms with Crippen LogP contribution in [-0.2, 0) is 17.9 Å². The molecule has 1 aromatic carbocycles. The number of amides is 2. The van der Waals surface area contributed by atoms with E-state index < -0.39 is 0 Å². The maximum absolute atomic E-state index is 12.5. The van der Waals surface area contributed by atoms with Crippen molar-refractivity contribution < 1.29 is 14.3 Å². The fraction of sp³-hybridized carbons (Fsp3) is 0.286. The minimum Gasteiger partial charge on any atom is -0.484 e. The summed E-state index contributed by atoms with van der Waals surface area (Å²) in [5.74, 6) is 0.669. The molecule has 0 saturated heterocycles. The number of nitrogens with one attached hydrogen (secondary N) is 1. The summed E-state index contributed by atoms with van der Waals surface area (Å²) in [5.41, 5.74) is 0.572. The predicted octanol–water partition coefficient (Wildman–Crippen LogP) is 4.55. The molecule has 0 bridgehead atoms. The third kappa shape index (κ3) is 6.50. The number of benzene rings is 1. The number of ether oxygens (including phenoxy) is 1. The SMILES string of the molecule is C=CCn1c(COc2ccc(Cl)cc2Cl)nnc1SCC(=O)Nc1nc(C)c(C(=O)N(C)C)s1. The average molecular weight is 541 g/mol. The molecule has 3 rings (SSSR count). The van der Waals surface area contributed by atoms with Crippen LogP contribution in [0.1, 0.15) is 21.2 Å². The number of rotatable bonds is 10. The third-order valence-corrected chi connectivity index (χ3v) is 6.89. The summed E-state index contributed by atoms with van der Waals surface area (Å²) in [5, 5.41) is 12.9. The van der Waals surface area contributed by atoms with E-state index >= 15 is 0 Å². The van der Waals surface area contributed by atoms with Crippen molar-refractivity contribution >= 4 is 63.2 Å². The van der Waals surface area contributed by atoms with Gasteiger partial charge in [0.2, 0.25) is 5.91 Å². The Balaban J connectivity index is 1.62. The van der Waals surface area contributed by atoms with Crippen LogP contribution in [0.25, 0.3) is 0 Å².